The molecule has 0 aromatic carbocycles. The summed E-state index contributed by atoms with van der Waals surface area (Å²) in [6.45, 7) is 6.84. The van der Waals surface area contributed by atoms with Gasteiger partial charge in [0.05, 0.1) is 5.02 Å². The fourth-order valence-corrected chi connectivity index (χ4v) is 5.01. The monoisotopic (exact) mass is 281 g/mol. The van der Waals surface area contributed by atoms with E-state index in [0.29, 0.717) is 16.6 Å². The van der Waals surface area contributed by atoms with Crippen molar-refractivity contribution in [3.8, 4) is 0 Å². The maximum absolute atomic E-state index is 11.4. The topological polar surface area (TPSA) is 42.2 Å². The summed E-state index contributed by atoms with van der Waals surface area (Å²) in [5, 5.41) is 9.90. The van der Waals surface area contributed by atoms with Gasteiger partial charge < -0.3 is 9.67 Å². The number of carboxylic acid groups (broad SMARTS) is 1. The molecule has 19 heavy (non-hydrogen) atoms. The number of aromatic carboxylic acids is 1. The molecule has 1 aromatic heterocycles. The van der Waals surface area contributed by atoms with Crippen LogP contribution in [-0.4, -0.2) is 15.6 Å². The van der Waals surface area contributed by atoms with E-state index in [-0.39, 0.29) is 16.9 Å². The first-order valence-corrected chi connectivity index (χ1v) is 7.24. The molecule has 4 heteroatoms. The van der Waals surface area contributed by atoms with E-state index in [9.17, 15) is 9.90 Å². The van der Waals surface area contributed by atoms with Gasteiger partial charge in [-0.3, -0.25) is 0 Å². The Morgan fingerprint density at radius 2 is 2.16 bits per heavy atom. The van der Waals surface area contributed by atoms with E-state index in [1.807, 2.05) is 4.57 Å². The molecule has 3 atom stereocenters. The van der Waals surface area contributed by atoms with Gasteiger partial charge in [-0.1, -0.05) is 32.4 Å². The lowest BCUT2D eigenvalue weighted by Crippen LogP contribution is -2.38. The van der Waals surface area contributed by atoms with Crippen molar-refractivity contribution in [1.82, 2.24) is 4.57 Å². The molecule has 2 aliphatic rings. The van der Waals surface area contributed by atoms with Gasteiger partial charge in [-0.2, -0.15) is 0 Å². The van der Waals surface area contributed by atoms with Crippen LogP contribution in [0.15, 0.2) is 12.3 Å². The van der Waals surface area contributed by atoms with Gasteiger partial charge in [0.1, 0.15) is 5.69 Å². The lowest BCUT2D eigenvalue weighted by Gasteiger charge is -2.44. The average molecular weight is 282 g/mol. The molecule has 104 valence electrons. The van der Waals surface area contributed by atoms with Crippen LogP contribution in [0.25, 0.3) is 0 Å². The molecule has 2 saturated carbocycles. The van der Waals surface area contributed by atoms with E-state index in [1.54, 1.807) is 12.3 Å². The molecule has 0 saturated heterocycles. The molecule has 3 rings (SSSR count). The van der Waals surface area contributed by atoms with Gasteiger partial charge in [0.2, 0.25) is 0 Å². The number of fused-ring (bicyclic) bond motifs is 2. The smallest absolute Gasteiger partial charge is 0.352 e. The summed E-state index contributed by atoms with van der Waals surface area (Å²) in [6.07, 6.45) is 5.43. The number of carboxylic acids is 1. The summed E-state index contributed by atoms with van der Waals surface area (Å²) < 4.78 is 1.92. The summed E-state index contributed by atoms with van der Waals surface area (Å²) in [4.78, 5) is 11.4. The first-order chi connectivity index (χ1) is 8.75. The van der Waals surface area contributed by atoms with E-state index in [2.05, 4.69) is 20.8 Å². The average Bonchev–Trinajstić information content (AvgIpc) is 2.87. The van der Waals surface area contributed by atoms with E-state index in [0.717, 1.165) is 0 Å². The highest BCUT2D eigenvalue weighted by molar-refractivity contribution is 6.30. The van der Waals surface area contributed by atoms with Crippen molar-refractivity contribution < 1.29 is 9.90 Å². The third-order valence-electron chi connectivity index (χ3n) is 5.51. The number of rotatable bonds is 2. The molecule has 1 aromatic rings. The normalized spacial score (nSPS) is 35.8. The quantitative estimate of drug-likeness (QED) is 0.881. The summed E-state index contributed by atoms with van der Waals surface area (Å²) in [5.41, 5.74) is 0.636. The van der Waals surface area contributed by atoms with Crippen LogP contribution in [0, 0.1) is 16.7 Å². The van der Waals surface area contributed by atoms with Gasteiger partial charge in [0.15, 0.2) is 0 Å². The minimum absolute atomic E-state index is 0.125. The van der Waals surface area contributed by atoms with Crippen LogP contribution in [-0.2, 0) is 0 Å². The highest BCUT2D eigenvalue weighted by Crippen LogP contribution is 2.68. The van der Waals surface area contributed by atoms with Crippen molar-refractivity contribution >= 4 is 17.6 Å². The SMILES string of the molecule is CC12CCC(C1)C(C)(C)C2n1cc(Cl)cc1C(=O)O. The highest BCUT2D eigenvalue weighted by Gasteiger charge is 2.60. The third kappa shape index (κ3) is 1.67. The molecule has 2 aliphatic carbocycles. The number of hydrogen-bond acceptors (Lipinski definition) is 1. The molecular formula is C15H20ClNO2. The zero-order chi connectivity index (χ0) is 14.0. The maximum atomic E-state index is 11.4. The van der Waals surface area contributed by atoms with Crippen molar-refractivity contribution in [3.05, 3.63) is 23.0 Å². The number of halogens is 1. The van der Waals surface area contributed by atoms with E-state index in [4.69, 9.17) is 11.6 Å². The van der Waals surface area contributed by atoms with Gasteiger partial charge in [0, 0.05) is 12.2 Å². The van der Waals surface area contributed by atoms with Crippen LogP contribution in [0.3, 0.4) is 0 Å². The van der Waals surface area contributed by atoms with Crippen molar-refractivity contribution in [3.63, 3.8) is 0 Å². The Kier molecular flexibility index (Phi) is 2.60. The Labute approximate surface area is 118 Å². The van der Waals surface area contributed by atoms with Crippen LogP contribution < -0.4 is 0 Å². The first-order valence-electron chi connectivity index (χ1n) is 6.86. The molecule has 2 fully saturated rings. The van der Waals surface area contributed by atoms with E-state index < -0.39 is 5.97 Å². The number of carbonyl (C=O) groups is 1. The number of nitrogens with zero attached hydrogens (tertiary/aromatic N) is 1. The lowest BCUT2D eigenvalue weighted by atomic mass is 9.68. The van der Waals surface area contributed by atoms with Gasteiger partial charge >= 0.3 is 5.97 Å². The van der Waals surface area contributed by atoms with Gasteiger partial charge in [0.25, 0.3) is 0 Å². The zero-order valence-electron chi connectivity index (χ0n) is 11.6. The number of aromatic nitrogens is 1. The van der Waals surface area contributed by atoms with Crippen LogP contribution in [0.2, 0.25) is 5.02 Å². The minimum atomic E-state index is -0.894. The van der Waals surface area contributed by atoms with Crippen molar-refractivity contribution in [2.24, 2.45) is 16.7 Å². The Bertz CT molecular complexity index is 544. The fourth-order valence-electron chi connectivity index (χ4n) is 4.80. The van der Waals surface area contributed by atoms with Crippen LogP contribution in [0.1, 0.15) is 56.6 Å². The van der Waals surface area contributed by atoms with Crippen LogP contribution >= 0.6 is 11.6 Å². The summed E-state index contributed by atoms with van der Waals surface area (Å²) in [7, 11) is 0. The zero-order valence-corrected chi connectivity index (χ0v) is 12.4. The Morgan fingerprint density at radius 3 is 2.68 bits per heavy atom. The standard InChI is InChI=1S/C15H20ClNO2/c1-14(2)9-4-5-15(3,7-9)13(14)17-8-10(16)6-11(17)12(18)19/h6,8-9,13H,4-5,7H2,1-3H3,(H,18,19). The molecule has 3 unspecified atom stereocenters. The first kappa shape index (κ1) is 13.0. The Hall–Kier alpha value is -0.960. The highest BCUT2D eigenvalue weighted by atomic mass is 35.5. The largest absolute Gasteiger partial charge is 0.477 e. The molecule has 0 spiro atoms. The molecule has 2 bridgehead atoms. The molecule has 0 radical (unpaired) electrons. The molecule has 0 amide bonds. The molecular weight excluding hydrogens is 262 g/mol. The molecule has 1 N–H and O–H groups in total. The van der Waals surface area contributed by atoms with Gasteiger partial charge in [-0.15, -0.1) is 0 Å². The van der Waals surface area contributed by atoms with Crippen LogP contribution in [0.4, 0.5) is 0 Å². The predicted molar refractivity (Wildman–Crippen MR) is 74.7 cm³/mol. The van der Waals surface area contributed by atoms with E-state index >= 15 is 0 Å². The summed E-state index contributed by atoms with van der Waals surface area (Å²) >= 11 is 6.04. The molecule has 0 aliphatic heterocycles. The van der Waals surface area contributed by atoms with Gasteiger partial charge in [-0.05, 0) is 42.1 Å². The summed E-state index contributed by atoms with van der Waals surface area (Å²) in [6, 6.07) is 1.78. The maximum Gasteiger partial charge on any atom is 0.352 e. The second kappa shape index (κ2) is 3.78. The van der Waals surface area contributed by atoms with Gasteiger partial charge in [-0.25, -0.2) is 4.79 Å². The van der Waals surface area contributed by atoms with E-state index in [1.165, 1.54) is 19.3 Å². The predicted octanol–water partition coefficient (Wildman–Crippen LogP) is 4.23. The number of hydrogen-bond donors (Lipinski definition) is 1. The van der Waals surface area contributed by atoms with Crippen molar-refractivity contribution in [2.75, 3.05) is 0 Å². The van der Waals surface area contributed by atoms with Crippen LogP contribution in [0.5, 0.6) is 0 Å². The fraction of sp³-hybridized carbons (Fsp3) is 0.667. The second-order valence-electron chi connectivity index (χ2n) is 7.07. The third-order valence-corrected chi connectivity index (χ3v) is 5.71. The Morgan fingerprint density at radius 1 is 1.47 bits per heavy atom. The summed E-state index contributed by atoms with van der Waals surface area (Å²) in [5.74, 6) is -0.209. The molecule has 3 nitrogen and oxygen atoms in total. The second-order valence-corrected chi connectivity index (χ2v) is 7.51. The van der Waals surface area contributed by atoms with Crippen molar-refractivity contribution in [2.45, 2.75) is 46.1 Å². The van der Waals surface area contributed by atoms with Crippen molar-refractivity contribution in [1.29, 1.82) is 0 Å². The minimum Gasteiger partial charge on any atom is -0.477 e. The lowest BCUT2D eigenvalue weighted by molar-refractivity contribution is 0.0611. The Balaban J connectivity index is 2.14. The molecule has 1 heterocycles.